The summed E-state index contributed by atoms with van der Waals surface area (Å²) in [6, 6.07) is 9.14. The Labute approximate surface area is 130 Å². The predicted molar refractivity (Wildman–Crippen MR) is 90.0 cm³/mol. The van der Waals surface area contributed by atoms with E-state index in [0.717, 1.165) is 18.7 Å². The summed E-state index contributed by atoms with van der Waals surface area (Å²) >= 11 is 0. The van der Waals surface area contributed by atoms with E-state index in [0.29, 0.717) is 17.4 Å². The Bertz CT molecular complexity index is 437. The second-order valence-electron chi connectivity index (χ2n) is 7.10. The van der Waals surface area contributed by atoms with Gasteiger partial charge in [0.15, 0.2) is 0 Å². The highest BCUT2D eigenvalue weighted by Crippen LogP contribution is 2.39. The number of rotatable bonds is 6. The lowest BCUT2D eigenvalue weighted by molar-refractivity contribution is 0.141. The smallest absolute Gasteiger partial charge is 0.119 e. The van der Waals surface area contributed by atoms with Crippen molar-refractivity contribution in [3.05, 3.63) is 29.8 Å². The molecule has 1 aromatic rings. The molecule has 21 heavy (non-hydrogen) atoms. The Morgan fingerprint density at radius 3 is 2.48 bits per heavy atom. The Kier molecular flexibility index (Phi) is 5.32. The van der Waals surface area contributed by atoms with Crippen LogP contribution in [0.4, 0.5) is 0 Å². The van der Waals surface area contributed by atoms with Gasteiger partial charge in [-0.15, -0.1) is 0 Å². The van der Waals surface area contributed by atoms with Crippen molar-refractivity contribution in [2.45, 2.75) is 71.9 Å². The lowest BCUT2D eigenvalue weighted by atomic mass is 9.87. The minimum absolute atomic E-state index is 0.286. The summed E-state index contributed by atoms with van der Waals surface area (Å²) in [7, 11) is 0. The summed E-state index contributed by atoms with van der Waals surface area (Å²) in [6.07, 6.45) is 3.83. The monoisotopic (exact) mass is 289 g/mol. The van der Waals surface area contributed by atoms with E-state index in [-0.39, 0.29) is 6.10 Å². The van der Waals surface area contributed by atoms with Crippen molar-refractivity contribution >= 4 is 0 Å². The minimum atomic E-state index is 0.286. The molecule has 0 saturated heterocycles. The van der Waals surface area contributed by atoms with E-state index < -0.39 is 0 Å². The van der Waals surface area contributed by atoms with Gasteiger partial charge in [-0.2, -0.15) is 0 Å². The van der Waals surface area contributed by atoms with Crippen molar-refractivity contribution in [1.29, 1.82) is 0 Å². The maximum absolute atomic E-state index is 6.28. The van der Waals surface area contributed by atoms with E-state index in [9.17, 15) is 0 Å². The van der Waals surface area contributed by atoms with E-state index in [2.05, 4.69) is 64.2 Å². The van der Waals surface area contributed by atoms with Crippen LogP contribution in [-0.2, 0) is 0 Å². The maximum Gasteiger partial charge on any atom is 0.119 e. The molecule has 1 aromatic carbocycles. The van der Waals surface area contributed by atoms with Crippen LogP contribution in [0.3, 0.4) is 0 Å². The first-order valence-corrected chi connectivity index (χ1v) is 8.48. The fourth-order valence-corrected chi connectivity index (χ4v) is 3.38. The third-order valence-corrected chi connectivity index (χ3v) is 5.06. The van der Waals surface area contributed by atoms with Gasteiger partial charge < -0.3 is 10.1 Å². The molecule has 3 unspecified atom stereocenters. The molecule has 1 fully saturated rings. The fraction of sp³-hybridized carbons (Fsp3) is 0.684. The van der Waals surface area contributed by atoms with Crippen LogP contribution < -0.4 is 10.1 Å². The summed E-state index contributed by atoms with van der Waals surface area (Å²) in [5.74, 6) is 1.63. The van der Waals surface area contributed by atoms with Crippen LogP contribution in [0.1, 0.15) is 65.4 Å². The van der Waals surface area contributed by atoms with Gasteiger partial charge in [0.1, 0.15) is 11.9 Å². The van der Waals surface area contributed by atoms with E-state index in [1.807, 2.05) is 0 Å². The number of benzene rings is 1. The van der Waals surface area contributed by atoms with E-state index in [1.165, 1.54) is 18.4 Å². The van der Waals surface area contributed by atoms with Gasteiger partial charge >= 0.3 is 0 Å². The highest BCUT2D eigenvalue weighted by atomic mass is 16.5. The largest absolute Gasteiger partial charge is 0.489 e. The van der Waals surface area contributed by atoms with Crippen LogP contribution in [0.5, 0.6) is 5.75 Å². The second kappa shape index (κ2) is 6.83. The third kappa shape index (κ3) is 3.79. The molecule has 2 heteroatoms. The fourth-order valence-electron chi connectivity index (χ4n) is 3.38. The first-order chi connectivity index (χ1) is 9.97. The topological polar surface area (TPSA) is 21.3 Å². The predicted octanol–water partition coefficient (Wildman–Crippen LogP) is 4.75. The average Bonchev–Trinajstić information content (AvgIpc) is 2.75. The normalized spacial score (nSPS) is 25.8. The van der Waals surface area contributed by atoms with Crippen LogP contribution in [0.25, 0.3) is 0 Å². The zero-order chi connectivity index (χ0) is 15.5. The highest BCUT2D eigenvalue weighted by Gasteiger charge is 2.42. The van der Waals surface area contributed by atoms with Crippen molar-refractivity contribution < 1.29 is 4.74 Å². The van der Waals surface area contributed by atoms with Crippen LogP contribution in [0, 0.1) is 5.41 Å². The van der Waals surface area contributed by atoms with Crippen molar-refractivity contribution in [2.75, 3.05) is 6.54 Å². The number of hydrogen-bond donors (Lipinski definition) is 1. The van der Waals surface area contributed by atoms with E-state index in [1.54, 1.807) is 0 Å². The zero-order valence-electron chi connectivity index (χ0n) is 14.3. The van der Waals surface area contributed by atoms with Gasteiger partial charge in [-0.3, -0.25) is 0 Å². The SMILES string of the molecule is CCNC1C(Oc2ccc(C(C)CC)cc2)CCC1(C)C. The molecule has 3 atom stereocenters. The number of ether oxygens (including phenoxy) is 1. The van der Waals surface area contributed by atoms with Crippen molar-refractivity contribution in [3.63, 3.8) is 0 Å². The van der Waals surface area contributed by atoms with Crippen molar-refractivity contribution in [3.8, 4) is 5.75 Å². The van der Waals surface area contributed by atoms with Crippen molar-refractivity contribution in [2.24, 2.45) is 5.41 Å². The highest BCUT2D eigenvalue weighted by molar-refractivity contribution is 5.29. The molecule has 1 aliphatic rings. The summed E-state index contributed by atoms with van der Waals surface area (Å²) in [5, 5.41) is 3.62. The van der Waals surface area contributed by atoms with Gasteiger partial charge in [-0.25, -0.2) is 0 Å². The molecular weight excluding hydrogens is 258 g/mol. The van der Waals surface area contributed by atoms with E-state index >= 15 is 0 Å². The number of hydrogen-bond acceptors (Lipinski definition) is 2. The molecule has 0 aromatic heterocycles. The molecule has 1 saturated carbocycles. The molecule has 0 heterocycles. The van der Waals surface area contributed by atoms with Gasteiger partial charge in [0.2, 0.25) is 0 Å². The molecule has 0 bridgehead atoms. The number of likely N-dealkylation sites (N-methyl/N-ethyl adjacent to an activating group) is 1. The molecule has 0 radical (unpaired) electrons. The summed E-state index contributed by atoms with van der Waals surface area (Å²) in [6.45, 7) is 12.4. The standard InChI is InChI=1S/C19H31NO/c1-6-14(3)15-8-10-16(11-9-15)21-17-12-13-19(4,5)18(17)20-7-2/h8-11,14,17-18,20H,6-7,12-13H2,1-5H3. The Balaban J connectivity index is 2.04. The third-order valence-electron chi connectivity index (χ3n) is 5.06. The molecule has 118 valence electrons. The van der Waals surface area contributed by atoms with Crippen LogP contribution in [0.15, 0.2) is 24.3 Å². The van der Waals surface area contributed by atoms with Crippen LogP contribution in [0.2, 0.25) is 0 Å². The second-order valence-corrected chi connectivity index (χ2v) is 7.10. The summed E-state index contributed by atoms with van der Waals surface area (Å²) in [5.41, 5.74) is 1.72. The van der Waals surface area contributed by atoms with Gasteiger partial charge in [0.05, 0.1) is 0 Å². The molecule has 2 nitrogen and oxygen atoms in total. The lowest BCUT2D eigenvalue weighted by Gasteiger charge is -2.31. The van der Waals surface area contributed by atoms with Crippen molar-refractivity contribution in [1.82, 2.24) is 5.32 Å². The van der Waals surface area contributed by atoms with Gasteiger partial charge in [-0.05, 0) is 54.8 Å². The number of nitrogens with one attached hydrogen (secondary N) is 1. The first kappa shape index (κ1) is 16.4. The molecule has 0 amide bonds. The van der Waals surface area contributed by atoms with Gasteiger partial charge in [-0.1, -0.05) is 46.8 Å². The lowest BCUT2D eigenvalue weighted by Crippen LogP contribution is -2.46. The van der Waals surface area contributed by atoms with Gasteiger partial charge in [0.25, 0.3) is 0 Å². The molecule has 1 N–H and O–H groups in total. The van der Waals surface area contributed by atoms with Gasteiger partial charge in [0, 0.05) is 6.04 Å². The Morgan fingerprint density at radius 2 is 1.90 bits per heavy atom. The molecule has 2 rings (SSSR count). The Hall–Kier alpha value is -1.02. The van der Waals surface area contributed by atoms with Crippen LogP contribution in [-0.4, -0.2) is 18.7 Å². The minimum Gasteiger partial charge on any atom is -0.489 e. The molecule has 1 aliphatic carbocycles. The molecule has 0 aliphatic heterocycles. The maximum atomic E-state index is 6.28. The molecule has 0 spiro atoms. The summed E-state index contributed by atoms with van der Waals surface area (Å²) in [4.78, 5) is 0. The molecular formula is C19H31NO. The quantitative estimate of drug-likeness (QED) is 0.816. The summed E-state index contributed by atoms with van der Waals surface area (Å²) < 4.78 is 6.28. The average molecular weight is 289 g/mol. The van der Waals surface area contributed by atoms with E-state index in [4.69, 9.17) is 4.74 Å². The zero-order valence-corrected chi connectivity index (χ0v) is 14.3. The Morgan fingerprint density at radius 1 is 1.24 bits per heavy atom. The van der Waals surface area contributed by atoms with Crippen LogP contribution >= 0.6 is 0 Å². The first-order valence-electron chi connectivity index (χ1n) is 8.48.